The molecule has 0 bridgehead atoms. The lowest BCUT2D eigenvalue weighted by Gasteiger charge is -2.09. The number of nitrogens with zero attached hydrogens (tertiary/aromatic N) is 3. The molecule has 2 aromatic carbocycles. The van der Waals surface area contributed by atoms with E-state index < -0.39 is 0 Å². The second-order valence-corrected chi connectivity index (χ2v) is 6.36. The van der Waals surface area contributed by atoms with Gasteiger partial charge in [0.05, 0.1) is 22.8 Å². The molecule has 0 atom stereocenters. The van der Waals surface area contributed by atoms with Crippen molar-refractivity contribution in [2.24, 2.45) is 0 Å². The molecule has 0 aliphatic carbocycles. The van der Waals surface area contributed by atoms with Crippen LogP contribution in [0.2, 0.25) is 5.02 Å². The van der Waals surface area contributed by atoms with Gasteiger partial charge in [0.1, 0.15) is 6.07 Å². The SMILES string of the molecule is Cc1nn(Cc2ccccc2)c(C)c1CNc1ccc(C#N)c(Cl)c1. The molecule has 1 heterocycles. The van der Waals surface area contributed by atoms with Crippen molar-refractivity contribution in [2.45, 2.75) is 26.9 Å². The molecule has 126 valence electrons. The third kappa shape index (κ3) is 3.84. The van der Waals surface area contributed by atoms with E-state index in [4.69, 9.17) is 16.9 Å². The van der Waals surface area contributed by atoms with Gasteiger partial charge in [0, 0.05) is 23.5 Å². The number of nitrogens with one attached hydrogen (secondary N) is 1. The van der Waals surface area contributed by atoms with E-state index in [0.717, 1.165) is 23.6 Å². The van der Waals surface area contributed by atoms with Gasteiger partial charge in [-0.05, 0) is 37.6 Å². The highest BCUT2D eigenvalue weighted by Crippen LogP contribution is 2.22. The average molecular weight is 351 g/mol. The second kappa shape index (κ2) is 7.42. The fourth-order valence-electron chi connectivity index (χ4n) is 2.81. The van der Waals surface area contributed by atoms with Gasteiger partial charge in [0.25, 0.3) is 0 Å². The molecule has 0 saturated carbocycles. The third-order valence-electron chi connectivity index (χ3n) is 4.27. The molecular formula is C20H19ClN4. The largest absolute Gasteiger partial charge is 0.381 e. The molecular weight excluding hydrogens is 332 g/mol. The molecule has 3 rings (SSSR count). The number of aryl methyl sites for hydroxylation is 1. The predicted molar refractivity (Wildman–Crippen MR) is 101 cm³/mol. The summed E-state index contributed by atoms with van der Waals surface area (Å²) in [5.74, 6) is 0. The molecule has 5 heteroatoms. The summed E-state index contributed by atoms with van der Waals surface area (Å²) in [6.07, 6.45) is 0. The molecule has 0 aliphatic rings. The highest BCUT2D eigenvalue weighted by Gasteiger charge is 2.12. The van der Waals surface area contributed by atoms with E-state index in [1.165, 1.54) is 11.1 Å². The summed E-state index contributed by atoms with van der Waals surface area (Å²) in [4.78, 5) is 0. The Bertz CT molecular complexity index is 923. The summed E-state index contributed by atoms with van der Waals surface area (Å²) in [6, 6.07) is 17.7. The molecule has 0 aliphatic heterocycles. The van der Waals surface area contributed by atoms with E-state index in [1.807, 2.05) is 35.9 Å². The van der Waals surface area contributed by atoms with Gasteiger partial charge in [-0.25, -0.2) is 0 Å². The van der Waals surface area contributed by atoms with E-state index in [2.05, 4.69) is 35.5 Å². The maximum atomic E-state index is 8.95. The Hall–Kier alpha value is -2.77. The number of nitriles is 1. The monoisotopic (exact) mass is 350 g/mol. The van der Waals surface area contributed by atoms with E-state index in [-0.39, 0.29) is 0 Å². The van der Waals surface area contributed by atoms with E-state index >= 15 is 0 Å². The summed E-state index contributed by atoms with van der Waals surface area (Å²) >= 11 is 6.09. The number of hydrogen-bond acceptors (Lipinski definition) is 3. The summed E-state index contributed by atoms with van der Waals surface area (Å²) in [7, 11) is 0. The minimum Gasteiger partial charge on any atom is -0.381 e. The van der Waals surface area contributed by atoms with Crippen molar-refractivity contribution in [3.8, 4) is 6.07 Å². The summed E-state index contributed by atoms with van der Waals surface area (Å²) < 4.78 is 2.04. The van der Waals surface area contributed by atoms with Crippen LogP contribution in [-0.4, -0.2) is 9.78 Å². The minimum atomic E-state index is 0.459. The molecule has 1 aromatic heterocycles. The number of hydrogen-bond donors (Lipinski definition) is 1. The summed E-state index contributed by atoms with van der Waals surface area (Å²) in [6.45, 7) is 5.54. The van der Waals surface area contributed by atoms with Gasteiger partial charge in [-0.3, -0.25) is 4.68 Å². The molecule has 0 radical (unpaired) electrons. The minimum absolute atomic E-state index is 0.459. The number of rotatable bonds is 5. The smallest absolute Gasteiger partial charge is 0.101 e. The first kappa shape index (κ1) is 17.1. The van der Waals surface area contributed by atoms with Crippen LogP contribution in [0.25, 0.3) is 0 Å². The van der Waals surface area contributed by atoms with Crippen molar-refractivity contribution >= 4 is 17.3 Å². The van der Waals surface area contributed by atoms with Gasteiger partial charge < -0.3 is 5.32 Å². The Morgan fingerprint density at radius 3 is 2.60 bits per heavy atom. The van der Waals surface area contributed by atoms with Gasteiger partial charge >= 0.3 is 0 Å². The molecule has 3 aromatic rings. The number of anilines is 1. The standard InChI is InChI=1S/C20H19ClN4/c1-14-19(12-23-18-9-8-17(11-22)20(21)10-18)15(2)25(24-14)13-16-6-4-3-5-7-16/h3-10,23H,12-13H2,1-2H3. The van der Waals surface area contributed by atoms with Crippen LogP contribution >= 0.6 is 11.6 Å². The van der Waals surface area contributed by atoms with Crippen molar-refractivity contribution in [2.75, 3.05) is 5.32 Å². The van der Waals surface area contributed by atoms with Crippen molar-refractivity contribution in [3.63, 3.8) is 0 Å². The second-order valence-electron chi connectivity index (χ2n) is 5.95. The number of benzene rings is 2. The van der Waals surface area contributed by atoms with Gasteiger partial charge in [-0.15, -0.1) is 0 Å². The van der Waals surface area contributed by atoms with Crippen LogP contribution in [0.4, 0.5) is 5.69 Å². The Morgan fingerprint density at radius 1 is 1.16 bits per heavy atom. The van der Waals surface area contributed by atoms with Crippen LogP contribution in [0.1, 0.15) is 28.1 Å². The summed E-state index contributed by atoms with van der Waals surface area (Å²) in [5, 5.41) is 17.4. The molecule has 0 amide bonds. The maximum absolute atomic E-state index is 8.95. The van der Waals surface area contributed by atoms with E-state index in [1.54, 1.807) is 12.1 Å². The quantitative estimate of drug-likeness (QED) is 0.726. The first-order chi connectivity index (χ1) is 12.1. The molecule has 25 heavy (non-hydrogen) atoms. The fraction of sp³-hybridized carbons (Fsp3) is 0.200. The van der Waals surface area contributed by atoms with Crippen molar-refractivity contribution in [1.82, 2.24) is 9.78 Å². The molecule has 0 unspecified atom stereocenters. The number of aromatic nitrogens is 2. The normalized spacial score (nSPS) is 10.5. The fourth-order valence-corrected chi connectivity index (χ4v) is 3.03. The topological polar surface area (TPSA) is 53.6 Å². The molecule has 0 saturated heterocycles. The van der Waals surface area contributed by atoms with Crippen molar-refractivity contribution in [1.29, 1.82) is 5.26 Å². The molecule has 1 N–H and O–H groups in total. The van der Waals surface area contributed by atoms with E-state index in [9.17, 15) is 0 Å². The zero-order valence-electron chi connectivity index (χ0n) is 14.3. The van der Waals surface area contributed by atoms with Crippen LogP contribution in [0, 0.1) is 25.2 Å². The Kier molecular flexibility index (Phi) is 5.06. The van der Waals surface area contributed by atoms with Gasteiger partial charge in [0.2, 0.25) is 0 Å². The first-order valence-corrected chi connectivity index (χ1v) is 8.46. The zero-order chi connectivity index (χ0) is 17.8. The average Bonchev–Trinajstić information content (AvgIpc) is 2.87. The van der Waals surface area contributed by atoms with Gasteiger partial charge in [0.15, 0.2) is 0 Å². The highest BCUT2D eigenvalue weighted by molar-refractivity contribution is 6.32. The Labute approximate surface area is 152 Å². The van der Waals surface area contributed by atoms with Crippen LogP contribution in [0.3, 0.4) is 0 Å². The molecule has 0 spiro atoms. The third-order valence-corrected chi connectivity index (χ3v) is 4.58. The molecule has 0 fully saturated rings. The Morgan fingerprint density at radius 2 is 1.92 bits per heavy atom. The van der Waals surface area contributed by atoms with Crippen LogP contribution in [0.5, 0.6) is 0 Å². The number of halogens is 1. The van der Waals surface area contributed by atoms with Crippen LogP contribution < -0.4 is 5.32 Å². The molecule has 4 nitrogen and oxygen atoms in total. The Balaban J connectivity index is 1.75. The van der Waals surface area contributed by atoms with Crippen LogP contribution in [-0.2, 0) is 13.1 Å². The lowest BCUT2D eigenvalue weighted by molar-refractivity contribution is 0.658. The van der Waals surface area contributed by atoms with Crippen molar-refractivity contribution < 1.29 is 0 Å². The summed E-state index contributed by atoms with van der Waals surface area (Å²) in [5.41, 5.74) is 5.94. The van der Waals surface area contributed by atoms with E-state index in [0.29, 0.717) is 17.1 Å². The first-order valence-electron chi connectivity index (χ1n) is 8.09. The predicted octanol–water partition coefficient (Wildman–Crippen LogP) is 4.69. The lowest BCUT2D eigenvalue weighted by Crippen LogP contribution is -2.05. The van der Waals surface area contributed by atoms with Gasteiger partial charge in [-0.1, -0.05) is 41.9 Å². The highest BCUT2D eigenvalue weighted by atomic mass is 35.5. The lowest BCUT2D eigenvalue weighted by atomic mass is 10.1. The van der Waals surface area contributed by atoms with Crippen molar-refractivity contribution in [3.05, 3.63) is 81.6 Å². The van der Waals surface area contributed by atoms with Crippen LogP contribution in [0.15, 0.2) is 48.5 Å². The van der Waals surface area contributed by atoms with Gasteiger partial charge in [-0.2, -0.15) is 10.4 Å². The zero-order valence-corrected chi connectivity index (χ0v) is 15.0. The maximum Gasteiger partial charge on any atom is 0.101 e.